The third-order valence-corrected chi connectivity index (χ3v) is 3.64. The van der Waals surface area contributed by atoms with Crippen molar-refractivity contribution in [1.82, 2.24) is 15.1 Å². The lowest BCUT2D eigenvalue weighted by Crippen LogP contribution is -2.17. The Kier molecular flexibility index (Phi) is 4.64. The number of halogens is 2. The molecule has 0 saturated heterocycles. The molecule has 2 rings (SSSR count). The highest BCUT2D eigenvalue weighted by atomic mass is 127. The van der Waals surface area contributed by atoms with Gasteiger partial charge in [0, 0.05) is 12.2 Å². The number of hydrogen-bond acceptors (Lipinski definition) is 2. The van der Waals surface area contributed by atoms with Crippen molar-refractivity contribution in [2.75, 3.05) is 6.54 Å². The van der Waals surface area contributed by atoms with Crippen LogP contribution < -0.4 is 5.32 Å². The molecular weight excluding hydrogens is 361 g/mol. The van der Waals surface area contributed by atoms with Gasteiger partial charge in [-0.2, -0.15) is 5.10 Å². The zero-order chi connectivity index (χ0) is 13.1. The molecule has 96 valence electrons. The molecule has 2 aromatic rings. The summed E-state index contributed by atoms with van der Waals surface area (Å²) in [5, 5.41) is 8.36. The summed E-state index contributed by atoms with van der Waals surface area (Å²) in [6.45, 7) is 5.17. The summed E-state index contributed by atoms with van der Waals surface area (Å²) in [7, 11) is 0. The first-order chi connectivity index (χ1) is 8.61. The molecule has 0 aliphatic carbocycles. The average molecular weight is 376 g/mol. The molecule has 0 fully saturated rings. The first kappa shape index (κ1) is 13.8. The van der Waals surface area contributed by atoms with Crippen LogP contribution in [0.4, 0.5) is 0 Å². The van der Waals surface area contributed by atoms with E-state index in [2.05, 4.69) is 52.9 Å². The van der Waals surface area contributed by atoms with E-state index >= 15 is 0 Å². The van der Waals surface area contributed by atoms with E-state index in [-0.39, 0.29) is 0 Å². The molecule has 1 atom stereocenters. The molecular formula is C13H15ClIN3. The number of hydrogen-bond donors (Lipinski definition) is 1. The van der Waals surface area contributed by atoms with Gasteiger partial charge in [-0.25, -0.2) is 4.68 Å². The van der Waals surface area contributed by atoms with Gasteiger partial charge in [-0.3, -0.25) is 0 Å². The van der Waals surface area contributed by atoms with Crippen molar-refractivity contribution < 1.29 is 0 Å². The molecule has 1 aromatic heterocycles. The van der Waals surface area contributed by atoms with Crippen molar-refractivity contribution in [3.63, 3.8) is 0 Å². The second-order valence-corrected chi connectivity index (χ2v) is 5.75. The largest absolute Gasteiger partial charge is 0.310 e. The van der Waals surface area contributed by atoms with Crippen LogP contribution in [-0.4, -0.2) is 16.3 Å². The Labute approximate surface area is 126 Å². The maximum Gasteiger partial charge on any atom is 0.0832 e. The van der Waals surface area contributed by atoms with Crippen LogP contribution in [0.25, 0.3) is 5.69 Å². The second-order valence-electron chi connectivity index (χ2n) is 4.09. The summed E-state index contributed by atoms with van der Waals surface area (Å²) in [4.78, 5) is 0. The summed E-state index contributed by atoms with van der Waals surface area (Å²) in [5.41, 5.74) is 2.10. The molecule has 0 radical (unpaired) electrons. The average Bonchev–Trinajstić information content (AvgIpc) is 2.76. The van der Waals surface area contributed by atoms with Gasteiger partial charge in [-0.15, -0.1) is 0 Å². The van der Waals surface area contributed by atoms with Crippen LogP contribution in [0.3, 0.4) is 0 Å². The van der Waals surface area contributed by atoms with Crippen LogP contribution in [0.1, 0.15) is 25.5 Å². The summed E-state index contributed by atoms with van der Waals surface area (Å²) < 4.78 is 2.89. The van der Waals surface area contributed by atoms with E-state index < -0.39 is 0 Å². The Balaban J connectivity index is 2.30. The van der Waals surface area contributed by atoms with E-state index in [1.165, 1.54) is 5.56 Å². The van der Waals surface area contributed by atoms with Gasteiger partial charge in [-0.1, -0.05) is 24.6 Å². The van der Waals surface area contributed by atoms with Gasteiger partial charge in [0.25, 0.3) is 0 Å². The Morgan fingerprint density at radius 2 is 2.28 bits per heavy atom. The quantitative estimate of drug-likeness (QED) is 0.824. The molecule has 0 bridgehead atoms. The SMILES string of the molecule is CCNC(C)c1ccc(-n2cc(I)cn2)c(Cl)c1. The summed E-state index contributed by atoms with van der Waals surface area (Å²) >= 11 is 8.56. The number of benzene rings is 1. The molecule has 0 aliphatic rings. The first-order valence-corrected chi connectivity index (χ1v) is 7.31. The van der Waals surface area contributed by atoms with Crippen molar-refractivity contribution in [2.45, 2.75) is 19.9 Å². The summed E-state index contributed by atoms with van der Waals surface area (Å²) in [5.74, 6) is 0. The standard InChI is InChI=1S/C13H15ClIN3/c1-3-16-9(2)10-4-5-13(12(14)6-10)18-8-11(15)7-17-18/h4-9,16H,3H2,1-2H3. The van der Waals surface area contributed by atoms with Gasteiger partial charge in [0.05, 0.1) is 20.5 Å². The fourth-order valence-corrected chi connectivity index (χ4v) is 2.50. The molecule has 0 spiro atoms. The number of nitrogens with zero attached hydrogens (tertiary/aromatic N) is 2. The van der Waals surface area contributed by atoms with Gasteiger partial charge in [0.15, 0.2) is 0 Å². The zero-order valence-corrected chi connectivity index (χ0v) is 13.2. The third-order valence-electron chi connectivity index (χ3n) is 2.78. The maximum atomic E-state index is 6.33. The molecule has 3 nitrogen and oxygen atoms in total. The van der Waals surface area contributed by atoms with Gasteiger partial charge < -0.3 is 5.32 Å². The minimum absolute atomic E-state index is 0.305. The lowest BCUT2D eigenvalue weighted by molar-refractivity contribution is 0.598. The Morgan fingerprint density at radius 1 is 1.50 bits per heavy atom. The third kappa shape index (κ3) is 3.05. The molecule has 18 heavy (non-hydrogen) atoms. The summed E-state index contributed by atoms with van der Waals surface area (Å²) in [6.07, 6.45) is 3.77. The molecule has 0 aliphatic heterocycles. The van der Waals surface area contributed by atoms with E-state index in [0.29, 0.717) is 6.04 Å². The summed E-state index contributed by atoms with van der Waals surface area (Å²) in [6, 6.07) is 6.40. The van der Waals surface area contributed by atoms with Crippen molar-refractivity contribution >= 4 is 34.2 Å². The zero-order valence-electron chi connectivity index (χ0n) is 10.3. The van der Waals surface area contributed by atoms with Crippen LogP contribution >= 0.6 is 34.2 Å². The van der Waals surface area contributed by atoms with Crippen molar-refractivity contribution in [1.29, 1.82) is 0 Å². The van der Waals surface area contributed by atoms with Gasteiger partial charge in [0.1, 0.15) is 0 Å². The van der Waals surface area contributed by atoms with Crippen molar-refractivity contribution in [3.8, 4) is 5.69 Å². The Bertz CT molecular complexity index is 539. The Morgan fingerprint density at radius 3 is 2.83 bits per heavy atom. The Hall–Kier alpha value is -0.590. The normalized spacial score (nSPS) is 12.7. The minimum atomic E-state index is 0.305. The molecule has 1 heterocycles. The molecule has 1 aromatic carbocycles. The maximum absolute atomic E-state index is 6.33. The van der Waals surface area contributed by atoms with Crippen molar-refractivity contribution in [2.24, 2.45) is 0 Å². The predicted octanol–water partition coefficient (Wildman–Crippen LogP) is 3.80. The van der Waals surface area contributed by atoms with Gasteiger partial charge in [-0.05, 0) is 53.8 Å². The second kappa shape index (κ2) is 6.04. The molecule has 0 saturated carbocycles. The minimum Gasteiger partial charge on any atom is -0.310 e. The number of aromatic nitrogens is 2. The first-order valence-electron chi connectivity index (χ1n) is 5.85. The number of rotatable bonds is 4. The molecule has 1 unspecified atom stereocenters. The monoisotopic (exact) mass is 375 g/mol. The van der Waals surface area contributed by atoms with Crippen molar-refractivity contribution in [3.05, 3.63) is 44.7 Å². The molecule has 1 N–H and O–H groups in total. The molecule has 0 amide bonds. The van der Waals surface area contributed by atoms with Crippen LogP contribution in [0, 0.1) is 3.57 Å². The van der Waals surface area contributed by atoms with Gasteiger partial charge >= 0.3 is 0 Å². The fraction of sp³-hybridized carbons (Fsp3) is 0.308. The van der Waals surface area contributed by atoms with Gasteiger partial charge in [0.2, 0.25) is 0 Å². The van der Waals surface area contributed by atoms with E-state index in [9.17, 15) is 0 Å². The topological polar surface area (TPSA) is 29.9 Å². The van der Waals surface area contributed by atoms with E-state index in [1.54, 1.807) is 4.68 Å². The lowest BCUT2D eigenvalue weighted by atomic mass is 10.1. The highest BCUT2D eigenvalue weighted by Crippen LogP contribution is 2.24. The van der Waals surface area contributed by atoms with Crippen LogP contribution in [0.2, 0.25) is 5.02 Å². The highest BCUT2D eigenvalue weighted by Gasteiger charge is 2.09. The van der Waals surface area contributed by atoms with E-state index in [1.807, 2.05) is 24.5 Å². The van der Waals surface area contributed by atoms with Crippen LogP contribution in [0.15, 0.2) is 30.6 Å². The highest BCUT2D eigenvalue weighted by molar-refractivity contribution is 14.1. The van der Waals surface area contributed by atoms with E-state index in [0.717, 1.165) is 20.8 Å². The molecule has 5 heteroatoms. The van der Waals surface area contributed by atoms with Crippen LogP contribution in [-0.2, 0) is 0 Å². The number of nitrogens with one attached hydrogen (secondary N) is 1. The predicted molar refractivity (Wildman–Crippen MR) is 83.4 cm³/mol. The lowest BCUT2D eigenvalue weighted by Gasteiger charge is -2.14. The van der Waals surface area contributed by atoms with Crippen LogP contribution in [0.5, 0.6) is 0 Å². The fourth-order valence-electron chi connectivity index (χ4n) is 1.83. The van der Waals surface area contributed by atoms with E-state index in [4.69, 9.17) is 11.6 Å². The smallest absolute Gasteiger partial charge is 0.0832 e.